The van der Waals surface area contributed by atoms with Crippen molar-refractivity contribution in [2.45, 2.75) is 114 Å². The van der Waals surface area contributed by atoms with Crippen LogP contribution in [0.25, 0.3) is 10.9 Å². The van der Waals surface area contributed by atoms with E-state index < -0.39 is 114 Å². The van der Waals surface area contributed by atoms with Crippen LogP contribution in [0.3, 0.4) is 0 Å². The average Bonchev–Trinajstić information content (AvgIpc) is 2.13. The Kier molecular flexibility index (Phi) is 26.3. The van der Waals surface area contributed by atoms with Crippen LogP contribution in [-0.4, -0.2) is 136 Å². The fraction of sp³-hybridized carbons (Fsp3) is 0.333. The molecule has 0 saturated heterocycles. The number of aromatic nitrogens is 2. The van der Waals surface area contributed by atoms with E-state index in [2.05, 4.69) is 68.3 Å². The number of rotatable bonds is 32. The van der Waals surface area contributed by atoms with Crippen LogP contribution in [-0.2, 0) is 68.8 Å². The van der Waals surface area contributed by atoms with E-state index in [0.29, 0.717) is 22.3 Å². The number of benzene rings is 4. The Morgan fingerprint density at radius 3 is 1.75 bits per heavy atom. The number of aromatic hydroxyl groups is 1. The minimum absolute atomic E-state index is 0.00705. The Hall–Kier alpha value is -10.9. The van der Waals surface area contributed by atoms with Crippen LogP contribution >= 0.6 is 0 Å². The molecule has 0 radical (unpaired) electrons. The molecule has 2 aromatic heterocycles. The predicted octanol–water partition coefficient (Wildman–Crippen LogP) is -0.432. The highest BCUT2D eigenvalue weighted by Gasteiger charge is 2.35. The number of nitrogens with two attached hydrogens (primary N) is 4. The summed E-state index contributed by atoms with van der Waals surface area (Å²) in [5.74, 6) is -8.08. The number of nitrogens with zero attached hydrogens (tertiary/aromatic N) is 2. The first-order chi connectivity index (χ1) is 43.6. The first kappa shape index (κ1) is 69.2. The number of nitrogens with one attached hydrogen (secondary N) is 11. The molecule has 0 bridgehead atoms. The van der Waals surface area contributed by atoms with Gasteiger partial charge in [0.25, 0.3) is 5.91 Å². The van der Waals surface area contributed by atoms with Crippen molar-refractivity contribution in [1.82, 2.24) is 63.4 Å². The fourth-order valence-corrected chi connectivity index (χ4v) is 9.67. The van der Waals surface area contributed by atoms with E-state index in [4.69, 9.17) is 22.9 Å². The largest absolute Gasteiger partial charge is 0.508 e. The Balaban J connectivity index is 1.16. The van der Waals surface area contributed by atoms with Gasteiger partial charge in [0.2, 0.25) is 47.3 Å². The molecular weight excluding hydrogens is 1170 g/mol. The van der Waals surface area contributed by atoms with Crippen LogP contribution in [0.1, 0.15) is 73.4 Å². The molecule has 8 atom stereocenters. The van der Waals surface area contributed by atoms with Gasteiger partial charge in [-0.05, 0) is 89.8 Å². The average molecular weight is 1250 g/mol. The lowest BCUT2D eigenvalue weighted by Gasteiger charge is -2.27. The number of fused-ring (bicyclic) bond motifs is 1. The van der Waals surface area contributed by atoms with Crippen molar-refractivity contribution in [1.29, 1.82) is 0 Å². The number of guanidine groups is 1. The van der Waals surface area contributed by atoms with Gasteiger partial charge >= 0.3 is 6.03 Å². The summed E-state index contributed by atoms with van der Waals surface area (Å²) in [4.78, 5) is 150. The summed E-state index contributed by atoms with van der Waals surface area (Å²) in [5.41, 5.74) is 31.5. The Morgan fingerprint density at radius 2 is 1.10 bits per heavy atom. The first-order valence-electron chi connectivity index (χ1n) is 29.4. The number of hydrogen-bond acceptors (Lipinski definition) is 14. The number of urea groups is 1. The highest BCUT2D eigenvalue weighted by Crippen LogP contribution is 2.20. The predicted molar refractivity (Wildman–Crippen MR) is 338 cm³/mol. The SMILES string of the molecule is CN=C(N)NCCC[C@H](NC(=O)[C@H](CC(C)C)NC(=O)NNC(=O)[C@H](Cc1ccccc1)NC(=O)[C@@H](NC(=O)[C@H](CC(N)=O)NC(=O)[C@@H](Cc1ccncc1)NC(=O)[C@H](N)Cc1ccc(O)cc1)c1ccccc1)C(=O)N[C@@H](Cc1c[nH]c2ccccc12)C(N)=O. The fourth-order valence-electron chi connectivity index (χ4n) is 9.67. The van der Waals surface area contributed by atoms with Crippen LogP contribution in [0.15, 0.2) is 145 Å². The number of aromatic amines is 1. The Bertz CT molecular complexity index is 3480. The number of primary amides is 2. The van der Waals surface area contributed by atoms with Gasteiger partial charge in [-0.2, -0.15) is 0 Å². The number of hydrazine groups is 1. The van der Waals surface area contributed by atoms with E-state index >= 15 is 0 Å². The quantitative estimate of drug-likeness (QED) is 0.0110. The molecule has 0 aliphatic rings. The van der Waals surface area contributed by atoms with Gasteiger partial charge < -0.3 is 75.6 Å². The third-order valence-electron chi connectivity index (χ3n) is 14.4. The van der Waals surface area contributed by atoms with Crippen molar-refractivity contribution < 1.29 is 53.1 Å². The zero-order chi connectivity index (χ0) is 66.0. The van der Waals surface area contributed by atoms with Gasteiger partial charge in [-0.15, -0.1) is 0 Å². The van der Waals surface area contributed by atoms with E-state index in [9.17, 15) is 53.1 Å². The molecular formula is C63H79N17O11. The number of carbonyl (C=O) groups is 10. The van der Waals surface area contributed by atoms with E-state index in [-0.39, 0.29) is 74.7 Å². The minimum Gasteiger partial charge on any atom is -0.508 e. The second-order valence-electron chi connectivity index (χ2n) is 22.0. The normalized spacial score (nSPS) is 13.9. The highest BCUT2D eigenvalue weighted by molar-refractivity contribution is 5.99. The zero-order valence-corrected chi connectivity index (χ0v) is 50.6. The number of para-hydroxylation sites is 1. The summed E-state index contributed by atoms with van der Waals surface area (Å²) in [6.07, 6.45) is 4.00. The maximum atomic E-state index is 14.7. The van der Waals surface area contributed by atoms with E-state index in [1.165, 1.54) is 43.7 Å². The van der Waals surface area contributed by atoms with Crippen LogP contribution < -0.4 is 76.3 Å². The molecule has 6 rings (SSSR count). The van der Waals surface area contributed by atoms with Crippen LogP contribution in [0.4, 0.5) is 4.79 Å². The maximum Gasteiger partial charge on any atom is 0.334 e. The summed E-state index contributed by atoms with van der Waals surface area (Å²) in [5, 5.41) is 31.8. The molecule has 482 valence electrons. The summed E-state index contributed by atoms with van der Waals surface area (Å²) in [7, 11) is 1.49. The summed E-state index contributed by atoms with van der Waals surface area (Å²) in [6, 6.07) is 20.7. The van der Waals surface area contributed by atoms with Gasteiger partial charge in [-0.25, -0.2) is 10.2 Å². The van der Waals surface area contributed by atoms with E-state index in [1.54, 1.807) is 92.8 Å². The number of phenolic OH excluding ortho intramolecular Hbond substituents is 1. The van der Waals surface area contributed by atoms with E-state index in [0.717, 1.165) is 10.9 Å². The molecule has 0 unspecified atom stereocenters. The van der Waals surface area contributed by atoms with Crippen LogP contribution in [0.2, 0.25) is 0 Å². The lowest BCUT2D eigenvalue weighted by molar-refractivity contribution is -0.135. The maximum absolute atomic E-state index is 14.7. The van der Waals surface area contributed by atoms with Crippen LogP contribution in [0.5, 0.6) is 5.75 Å². The Labute approximate surface area is 525 Å². The first-order valence-corrected chi connectivity index (χ1v) is 29.4. The van der Waals surface area contributed by atoms with Gasteiger partial charge in [0, 0.05) is 62.3 Å². The van der Waals surface area contributed by atoms with Gasteiger partial charge in [0.05, 0.1) is 12.5 Å². The number of carbonyl (C=O) groups excluding carboxylic acids is 10. The number of phenols is 1. The second kappa shape index (κ2) is 34.6. The molecule has 0 aliphatic carbocycles. The number of hydrogen-bond donors (Lipinski definition) is 16. The van der Waals surface area contributed by atoms with Crippen molar-refractivity contribution in [3.8, 4) is 5.75 Å². The number of H-pyrrole nitrogens is 1. The van der Waals surface area contributed by atoms with Crippen LogP contribution in [0, 0.1) is 5.92 Å². The molecule has 91 heavy (non-hydrogen) atoms. The smallest absolute Gasteiger partial charge is 0.334 e. The third kappa shape index (κ3) is 22.3. The molecule has 28 heteroatoms. The molecule has 0 aliphatic heterocycles. The monoisotopic (exact) mass is 1250 g/mol. The van der Waals surface area contributed by atoms with Crippen molar-refractivity contribution in [3.05, 3.63) is 168 Å². The van der Waals surface area contributed by atoms with Gasteiger partial charge in [0.1, 0.15) is 48.0 Å². The van der Waals surface area contributed by atoms with E-state index in [1.807, 2.05) is 24.3 Å². The molecule has 0 saturated carbocycles. The second-order valence-corrected chi connectivity index (χ2v) is 22.0. The van der Waals surface area contributed by atoms with Gasteiger partial charge in [-0.1, -0.05) is 105 Å². The van der Waals surface area contributed by atoms with Crippen molar-refractivity contribution in [2.75, 3.05) is 13.6 Å². The molecule has 6 aromatic rings. The number of amides is 11. The summed E-state index contributed by atoms with van der Waals surface area (Å²) >= 11 is 0. The van der Waals surface area contributed by atoms with Gasteiger partial charge in [0.15, 0.2) is 5.96 Å². The molecule has 0 fully saturated rings. The molecule has 2 heterocycles. The van der Waals surface area contributed by atoms with Crippen molar-refractivity contribution in [2.24, 2.45) is 33.8 Å². The highest BCUT2D eigenvalue weighted by atomic mass is 16.3. The minimum atomic E-state index is -1.74. The third-order valence-corrected chi connectivity index (χ3v) is 14.4. The zero-order valence-electron chi connectivity index (χ0n) is 50.6. The molecule has 11 amide bonds. The lowest BCUT2D eigenvalue weighted by atomic mass is 10.0. The molecule has 4 aromatic carbocycles. The molecule has 0 spiro atoms. The summed E-state index contributed by atoms with van der Waals surface area (Å²) < 4.78 is 0. The number of pyridine rings is 1. The topological polar surface area (TPSA) is 456 Å². The van der Waals surface area contributed by atoms with Crippen molar-refractivity contribution in [3.63, 3.8) is 0 Å². The molecule has 28 nitrogen and oxygen atoms in total. The lowest BCUT2D eigenvalue weighted by Crippen LogP contribution is -2.60. The standard InChI is InChI=1S/C63H79N17O11/c1-36(2)29-48(57(86)72-46(19-12-26-70-62(67)68-3)56(85)73-47(54(66)83)33-41-35-71-45-18-11-10-17-43(41)45)77-63(91)80-79-60(89)50(31-37-13-6-4-7-14-37)76-61(90)53(40-15-8-5-9-16-40)78-59(88)51(34-52(65)82)75-58(87)49(32-39-24-27-69-28-25-39)74-55(84)44(64)30-38-20-22-42(81)23-21-38/h4-11,13-18,20-25,27-28,35-36,44,46-51,53,71,81H,12,19,26,29-34,64H2,1-3H3,(H2,65,82)(H2,66,83)(H,72,86)(H,73,85)(H,74,84)(H,75,87)(H,76,90)(H,78,88)(H,79,89)(H3,67,68,70)(H2,77,80,91)/t44-,46+,47+,48+,49-,50+,51+,53+/m1/s1. The van der Waals surface area contributed by atoms with Gasteiger partial charge in [-0.3, -0.25) is 58.6 Å². The van der Waals surface area contributed by atoms with Crippen molar-refractivity contribution >= 4 is 76.1 Å². The number of aliphatic imine (C=N–C) groups is 1. The molecule has 20 N–H and O–H groups in total. The Morgan fingerprint density at radius 1 is 0.549 bits per heavy atom. The summed E-state index contributed by atoms with van der Waals surface area (Å²) in [6.45, 7) is 3.83.